The molecule has 1 aliphatic heterocycles. The lowest BCUT2D eigenvalue weighted by atomic mass is 10.3. The first kappa shape index (κ1) is 16.0. The van der Waals surface area contributed by atoms with Crippen LogP contribution in [0.2, 0.25) is 0 Å². The lowest BCUT2D eigenvalue weighted by Crippen LogP contribution is -2.26. The number of hydrogen-bond acceptors (Lipinski definition) is 8. The molecule has 0 bridgehead atoms. The van der Waals surface area contributed by atoms with E-state index >= 15 is 0 Å². The number of nitrogens with zero attached hydrogens (tertiary/aromatic N) is 3. The Labute approximate surface area is 141 Å². The standard InChI is InChI=1S/C14H15N3O4S2/c1-9(12-15-16-13(21-12)10-3-2-7-22-10)20-11(18)4-5-17-6-8-23-14(17)19/h2-3,7,9H,4-6,8H2,1H3. The van der Waals surface area contributed by atoms with Crippen LogP contribution in [-0.4, -0.2) is 45.1 Å². The molecule has 0 spiro atoms. The fourth-order valence-corrected chi connectivity index (χ4v) is 3.56. The van der Waals surface area contributed by atoms with Gasteiger partial charge in [-0.1, -0.05) is 17.8 Å². The van der Waals surface area contributed by atoms with Crippen molar-refractivity contribution in [3.05, 3.63) is 23.4 Å². The van der Waals surface area contributed by atoms with Gasteiger partial charge in [0.25, 0.3) is 17.0 Å². The highest BCUT2D eigenvalue weighted by atomic mass is 32.2. The van der Waals surface area contributed by atoms with E-state index in [4.69, 9.17) is 9.15 Å². The number of esters is 1. The highest BCUT2D eigenvalue weighted by molar-refractivity contribution is 8.13. The largest absolute Gasteiger partial charge is 0.453 e. The van der Waals surface area contributed by atoms with E-state index in [1.54, 1.807) is 11.8 Å². The van der Waals surface area contributed by atoms with Crippen molar-refractivity contribution in [3.8, 4) is 10.8 Å². The fraction of sp³-hybridized carbons (Fsp3) is 0.429. The molecule has 2 aromatic rings. The molecule has 0 radical (unpaired) electrons. The quantitative estimate of drug-likeness (QED) is 0.738. The summed E-state index contributed by atoms with van der Waals surface area (Å²) in [4.78, 5) is 25.8. The molecular formula is C14H15N3O4S2. The third-order valence-electron chi connectivity index (χ3n) is 3.26. The molecule has 122 valence electrons. The van der Waals surface area contributed by atoms with Crippen LogP contribution in [0.4, 0.5) is 4.79 Å². The summed E-state index contributed by atoms with van der Waals surface area (Å²) in [7, 11) is 0. The lowest BCUT2D eigenvalue weighted by Gasteiger charge is -2.14. The molecule has 1 amide bonds. The maximum Gasteiger partial charge on any atom is 0.308 e. The Morgan fingerprint density at radius 2 is 2.39 bits per heavy atom. The van der Waals surface area contributed by atoms with E-state index in [2.05, 4.69) is 10.2 Å². The number of thioether (sulfide) groups is 1. The van der Waals surface area contributed by atoms with E-state index in [0.29, 0.717) is 19.0 Å². The Balaban J connectivity index is 1.51. The molecule has 1 fully saturated rings. The van der Waals surface area contributed by atoms with Crippen LogP contribution >= 0.6 is 23.1 Å². The molecule has 2 aromatic heterocycles. The predicted octanol–water partition coefficient (Wildman–Crippen LogP) is 2.96. The summed E-state index contributed by atoms with van der Waals surface area (Å²) in [6.07, 6.45) is -0.463. The second-order valence-electron chi connectivity index (χ2n) is 4.91. The first-order chi connectivity index (χ1) is 11.1. The molecule has 0 N–H and O–H groups in total. The number of amides is 1. The monoisotopic (exact) mass is 353 g/mol. The van der Waals surface area contributed by atoms with Crippen molar-refractivity contribution >= 4 is 34.3 Å². The van der Waals surface area contributed by atoms with Gasteiger partial charge in [-0.2, -0.15) is 0 Å². The molecule has 7 nitrogen and oxygen atoms in total. The van der Waals surface area contributed by atoms with Gasteiger partial charge in [0.05, 0.1) is 11.3 Å². The summed E-state index contributed by atoms with van der Waals surface area (Å²) in [5, 5.41) is 9.81. The third kappa shape index (κ3) is 3.91. The minimum Gasteiger partial charge on any atom is -0.453 e. The normalized spacial score (nSPS) is 15.9. The second kappa shape index (κ2) is 7.14. The first-order valence-corrected chi connectivity index (χ1v) is 8.98. The highest BCUT2D eigenvalue weighted by Gasteiger charge is 2.23. The van der Waals surface area contributed by atoms with Gasteiger partial charge < -0.3 is 14.1 Å². The summed E-state index contributed by atoms with van der Waals surface area (Å²) in [5.41, 5.74) is 0. The van der Waals surface area contributed by atoms with Gasteiger partial charge in [0.2, 0.25) is 0 Å². The Morgan fingerprint density at radius 3 is 3.09 bits per heavy atom. The Kier molecular flexibility index (Phi) is 4.97. The molecule has 23 heavy (non-hydrogen) atoms. The number of aromatic nitrogens is 2. The minimum atomic E-state index is -0.618. The Hall–Kier alpha value is -1.87. The van der Waals surface area contributed by atoms with Gasteiger partial charge in [-0.3, -0.25) is 9.59 Å². The van der Waals surface area contributed by atoms with Gasteiger partial charge in [-0.15, -0.1) is 21.5 Å². The number of rotatable bonds is 6. The molecule has 1 atom stereocenters. The number of hydrogen-bond donors (Lipinski definition) is 0. The number of ether oxygens (including phenoxy) is 1. The molecule has 1 saturated heterocycles. The van der Waals surface area contributed by atoms with Gasteiger partial charge in [0.15, 0.2) is 6.10 Å². The Morgan fingerprint density at radius 1 is 1.52 bits per heavy atom. The summed E-state index contributed by atoms with van der Waals surface area (Å²) in [6.45, 7) is 2.74. The van der Waals surface area contributed by atoms with E-state index in [-0.39, 0.29) is 17.6 Å². The molecule has 3 heterocycles. The SMILES string of the molecule is CC(OC(=O)CCN1CCSC1=O)c1nnc(-c2cccs2)o1. The minimum absolute atomic E-state index is 0.0170. The summed E-state index contributed by atoms with van der Waals surface area (Å²) >= 11 is 2.77. The van der Waals surface area contributed by atoms with Gasteiger partial charge in [0, 0.05) is 18.8 Å². The molecule has 9 heteroatoms. The topological polar surface area (TPSA) is 85.5 Å². The number of carbonyl (C=O) groups is 2. The van der Waals surface area contributed by atoms with E-state index in [9.17, 15) is 9.59 Å². The molecule has 0 saturated carbocycles. The smallest absolute Gasteiger partial charge is 0.308 e. The van der Waals surface area contributed by atoms with Gasteiger partial charge in [0.1, 0.15) is 0 Å². The molecule has 3 rings (SSSR count). The van der Waals surface area contributed by atoms with Crippen molar-refractivity contribution in [2.24, 2.45) is 0 Å². The first-order valence-electron chi connectivity index (χ1n) is 7.12. The molecule has 0 aromatic carbocycles. The summed E-state index contributed by atoms with van der Waals surface area (Å²) in [5.74, 6) is 1.06. The maximum atomic E-state index is 11.9. The Bertz CT molecular complexity index is 686. The van der Waals surface area contributed by atoms with Crippen LogP contribution in [0, 0.1) is 0 Å². The van der Waals surface area contributed by atoms with Crippen molar-refractivity contribution in [1.82, 2.24) is 15.1 Å². The fourth-order valence-electron chi connectivity index (χ4n) is 2.06. The van der Waals surface area contributed by atoms with Crippen LogP contribution in [0.25, 0.3) is 10.8 Å². The predicted molar refractivity (Wildman–Crippen MR) is 86.2 cm³/mol. The van der Waals surface area contributed by atoms with Crippen molar-refractivity contribution in [2.75, 3.05) is 18.8 Å². The number of thiophene rings is 1. The van der Waals surface area contributed by atoms with Crippen LogP contribution in [0.3, 0.4) is 0 Å². The van der Waals surface area contributed by atoms with Crippen molar-refractivity contribution in [3.63, 3.8) is 0 Å². The molecule has 1 aliphatic rings. The van der Waals surface area contributed by atoms with Crippen LogP contribution in [0.5, 0.6) is 0 Å². The zero-order valence-electron chi connectivity index (χ0n) is 12.4. The van der Waals surface area contributed by atoms with Crippen LogP contribution < -0.4 is 0 Å². The van der Waals surface area contributed by atoms with Crippen molar-refractivity contribution < 1.29 is 18.7 Å². The second-order valence-corrected chi connectivity index (χ2v) is 6.90. The molecule has 0 aliphatic carbocycles. The van der Waals surface area contributed by atoms with E-state index in [1.165, 1.54) is 23.1 Å². The van der Waals surface area contributed by atoms with Gasteiger partial charge in [-0.05, 0) is 18.4 Å². The highest BCUT2D eigenvalue weighted by Crippen LogP contribution is 2.26. The van der Waals surface area contributed by atoms with Gasteiger partial charge >= 0.3 is 5.97 Å². The van der Waals surface area contributed by atoms with Gasteiger partial charge in [-0.25, -0.2) is 0 Å². The average Bonchev–Trinajstić information content (AvgIpc) is 3.26. The van der Waals surface area contributed by atoms with Crippen LogP contribution in [-0.2, 0) is 9.53 Å². The third-order valence-corrected chi connectivity index (χ3v) is 5.01. The summed E-state index contributed by atoms with van der Waals surface area (Å²) < 4.78 is 10.8. The molecular weight excluding hydrogens is 338 g/mol. The van der Waals surface area contributed by atoms with Crippen LogP contribution in [0.15, 0.2) is 21.9 Å². The zero-order valence-corrected chi connectivity index (χ0v) is 14.1. The molecule has 1 unspecified atom stereocenters. The average molecular weight is 353 g/mol. The van der Waals surface area contributed by atoms with E-state index in [1.807, 2.05) is 17.5 Å². The van der Waals surface area contributed by atoms with E-state index < -0.39 is 12.1 Å². The number of carbonyl (C=O) groups excluding carboxylic acids is 2. The van der Waals surface area contributed by atoms with Crippen molar-refractivity contribution in [1.29, 1.82) is 0 Å². The maximum absolute atomic E-state index is 11.9. The van der Waals surface area contributed by atoms with Crippen molar-refractivity contribution in [2.45, 2.75) is 19.4 Å². The lowest BCUT2D eigenvalue weighted by molar-refractivity contribution is -0.149. The van der Waals surface area contributed by atoms with Crippen LogP contribution in [0.1, 0.15) is 25.3 Å². The summed E-state index contributed by atoms with van der Waals surface area (Å²) in [6, 6.07) is 3.77. The zero-order chi connectivity index (χ0) is 16.2. The van der Waals surface area contributed by atoms with E-state index in [0.717, 1.165) is 10.6 Å².